The van der Waals surface area contributed by atoms with Crippen LogP contribution in [0.15, 0.2) is 40.9 Å². The molecule has 0 spiro atoms. The van der Waals surface area contributed by atoms with Crippen LogP contribution in [0.3, 0.4) is 0 Å². The van der Waals surface area contributed by atoms with Crippen LogP contribution in [0.2, 0.25) is 0 Å². The predicted octanol–water partition coefficient (Wildman–Crippen LogP) is 1.79. The average Bonchev–Trinajstić information content (AvgIpc) is 3.08. The Hall–Kier alpha value is -2.67. The number of amides is 3. The zero-order chi connectivity index (χ0) is 15.5. The van der Waals surface area contributed by atoms with Gasteiger partial charge in [-0.15, -0.1) is 0 Å². The highest BCUT2D eigenvalue weighted by Crippen LogP contribution is 2.22. The molecule has 2 heterocycles. The van der Waals surface area contributed by atoms with Gasteiger partial charge < -0.3 is 9.26 Å². The van der Waals surface area contributed by atoms with E-state index in [1.165, 1.54) is 9.80 Å². The molecule has 3 rings (SSSR count). The van der Waals surface area contributed by atoms with E-state index in [2.05, 4.69) is 5.16 Å². The van der Waals surface area contributed by atoms with Crippen molar-refractivity contribution in [2.24, 2.45) is 0 Å². The van der Waals surface area contributed by atoms with Crippen LogP contribution in [0.5, 0.6) is 0 Å². The molecule has 0 bridgehead atoms. The molecule has 0 N–H and O–H groups in total. The summed E-state index contributed by atoms with van der Waals surface area (Å²) in [5.74, 6) is 0.293. The fourth-order valence-corrected chi connectivity index (χ4v) is 2.31. The molecule has 0 unspecified atom stereocenters. The Morgan fingerprint density at radius 3 is 2.77 bits per heavy atom. The number of hydrogen-bond donors (Lipinski definition) is 0. The van der Waals surface area contributed by atoms with Gasteiger partial charge >= 0.3 is 6.03 Å². The van der Waals surface area contributed by atoms with Crippen LogP contribution >= 0.6 is 0 Å². The maximum atomic E-state index is 12.4. The summed E-state index contributed by atoms with van der Waals surface area (Å²) in [6, 6.07) is 10.4. The number of urea groups is 1. The Kier molecular flexibility index (Phi) is 3.88. The first kappa shape index (κ1) is 14.3. The molecule has 0 aliphatic carbocycles. The average molecular weight is 301 g/mol. The van der Waals surface area contributed by atoms with Gasteiger partial charge in [-0.25, -0.2) is 4.79 Å². The van der Waals surface area contributed by atoms with E-state index in [4.69, 9.17) is 9.26 Å². The third-order valence-electron chi connectivity index (χ3n) is 3.34. The second kappa shape index (κ2) is 5.98. The van der Waals surface area contributed by atoms with Gasteiger partial charge in [0.15, 0.2) is 5.76 Å². The zero-order valence-corrected chi connectivity index (χ0v) is 12.1. The second-order valence-electron chi connectivity index (χ2n) is 4.90. The molecule has 1 aliphatic heterocycles. The Balaban J connectivity index is 1.74. The van der Waals surface area contributed by atoms with Crippen molar-refractivity contribution in [1.82, 2.24) is 10.1 Å². The molecule has 22 heavy (non-hydrogen) atoms. The highest BCUT2D eigenvalue weighted by atomic mass is 16.5. The first-order chi connectivity index (χ1) is 10.7. The number of methoxy groups -OCH3 is 1. The minimum atomic E-state index is -0.354. The lowest BCUT2D eigenvalue weighted by molar-refractivity contribution is -0.125. The molecule has 1 aliphatic rings. The van der Waals surface area contributed by atoms with Crippen molar-refractivity contribution >= 4 is 17.6 Å². The van der Waals surface area contributed by atoms with Gasteiger partial charge in [0.05, 0.1) is 6.54 Å². The van der Waals surface area contributed by atoms with E-state index in [0.717, 1.165) is 0 Å². The van der Waals surface area contributed by atoms with Crippen LogP contribution in [-0.4, -0.2) is 35.6 Å². The van der Waals surface area contributed by atoms with Crippen molar-refractivity contribution in [1.29, 1.82) is 0 Å². The molecule has 0 radical (unpaired) electrons. The lowest BCUT2D eigenvalue weighted by atomic mass is 10.3. The van der Waals surface area contributed by atoms with E-state index in [1.807, 2.05) is 18.2 Å². The van der Waals surface area contributed by atoms with Crippen molar-refractivity contribution in [3.63, 3.8) is 0 Å². The summed E-state index contributed by atoms with van der Waals surface area (Å²) < 4.78 is 10.00. The number of nitrogens with zero attached hydrogens (tertiary/aromatic N) is 3. The summed E-state index contributed by atoms with van der Waals surface area (Å²) >= 11 is 0. The lowest BCUT2D eigenvalue weighted by Gasteiger charge is -2.16. The highest BCUT2D eigenvalue weighted by molar-refractivity contribution is 6.12. The quantitative estimate of drug-likeness (QED) is 0.787. The maximum absolute atomic E-state index is 12.4. The van der Waals surface area contributed by atoms with Gasteiger partial charge in [0.1, 0.15) is 18.8 Å². The van der Waals surface area contributed by atoms with Gasteiger partial charge in [-0.1, -0.05) is 23.4 Å². The number of aromatic nitrogens is 1. The molecular formula is C15H15N3O4. The predicted molar refractivity (Wildman–Crippen MR) is 77.0 cm³/mol. The number of para-hydroxylation sites is 1. The van der Waals surface area contributed by atoms with Gasteiger partial charge in [0.2, 0.25) is 0 Å². The Morgan fingerprint density at radius 1 is 1.27 bits per heavy atom. The molecule has 1 fully saturated rings. The Bertz CT molecular complexity index is 683. The number of ether oxygens (including phenoxy) is 1. The number of anilines is 1. The molecule has 0 atom stereocenters. The van der Waals surface area contributed by atoms with Crippen LogP contribution in [0.25, 0.3) is 0 Å². The molecule has 0 saturated carbocycles. The van der Waals surface area contributed by atoms with E-state index in [9.17, 15) is 9.59 Å². The number of carbonyl (C=O) groups is 2. The summed E-state index contributed by atoms with van der Waals surface area (Å²) in [6.07, 6.45) is 0. The minimum absolute atomic E-state index is 0.0334. The molecule has 7 nitrogen and oxygen atoms in total. The highest BCUT2D eigenvalue weighted by Gasteiger charge is 2.37. The van der Waals surface area contributed by atoms with Crippen LogP contribution in [0, 0.1) is 0 Å². The first-order valence-electron chi connectivity index (χ1n) is 6.79. The van der Waals surface area contributed by atoms with Crippen LogP contribution in [0.4, 0.5) is 10.5 Å². The third-order valence-corrected chi connectivity index (χ3v) is 3.34. The SMILES string of the molecule is COCc1cc(CN2C(=O)CN(c3ccccc3)C2=O)no1. The summed E-state index contributed by atoms with van der Waals surface area (Å²) in [5.41, 5.74) is 1.22. The molecule has 2 aromatic rings. The van der Waals surface area contributed by atoms with Crippen molar-refractivity contribution in [3.8, 4) is 0 Å². The van der Waals surface area contributed by atoms with Crippen molar-refractivity contribution < 1.29 is 18.8 Å². The number of benzene rings is 1. The van der Waals surface area contributed by atoms with E-state index < -0.39 is 0 Å². The van der Waals surface area contributed by atoms with Crippen LogP contribution < -0.4 is 4.90 Å². The molecule has 1 aromatic heterocycles. The van der Waals surface area contributed by atoms with Gasteiger partial charge in [0, 0.05) is 18.9 Å². The topological polar surface area (TPSA) is 75.9 Å². The third kappa shape index (κ3) is 2.71. The normalized spacial score (nSPS) is 15.0. The van der Waals surface area contributed by atoms with Gasteiger partial charge in [-0.2, -0.15) is 0 Å². The Morgan fingerprint density at radius 2 is 2.05 bits per heavy atom. The van der Waals surface area contributed by atoms with Gasteiger partial charge in [-0.05, 0) is 12.1 Å². The molecular weight excluding hydrogens is 286 g/mol. The molecule has 7 heteroatoms. The van der Waals surface area contributed by atoms with E-state index in [0.29, 0.717) is 23.7 Å². The summed E-state index contributed by atoms with van der Waals surface area (Å²) in [4.78, 5) is 27.1. The fraction of sp³-hybridized carbons (Fsp3) is 0.267. The minimum Gasteiger partial charge on any atom is -0.377 e. The Labute approximate surface area is 127 Å². The monoisotopic (exact) mass is 301 g/mol. The first-order valence-corrected chi connectivity index (χ1v) is 6.79. The van der Waals surface area contributed by atoms with E-state index in [1.54, 1.807) is 25.3 Å². The largest absolute Gasteiger partial charge is 0.377 e. The van der Waals surface area contributed by atoms with Crippen LogP contribution in [-0.2, 0) is 22.7 Å². The molecule has 1 saturated heterocycles. The maximum Gasteiger partial charge on any atom is 0.332 e. The number of carbonyl (C=O) groups excluding carboxylic acids is 2. The summed E-state index contributed by atoms with van der Waals surface area (Å²) in [7, 11) is 1.55. The van der Waals surface area contributed by atoms with Gasteiger partial charge in [-0.3, -0.25) is 14.6 Å². The zero-order valence-electron chi connectivity index (χ0n) is 12.1. The summed E-state index contributed by atoms with van der Waals surface area (Å²) in [5, 5.41) is 3.85. The second-order valence-corrected chi connectivity index (χ2v) is 4.90. The summed E-state index contributed by atoms with van der Waals surface area (Å²) in [6.45, 7) is 0.422. The number of hydrogen-bond acceptors (Lipinski definition) is 5. The number of imide groups is 1. The van der Waals surface area contributed by atoms with Crippen molar-refractivity contribution in [2.75, 3.05) is 18.6 Å². The van der Waals surface area contributed by atoms with E-state index in [-0.39, 0.29) is 25.0 Å². The molecule has 1 aromatic carbocycles. The molecule has 3 amide bonds. The lowest BCUT2D eigenvalue weighted by Crippen LogP contribution is -2.32. The standard InChI is InChI=1S/C15H15N3O4/c1-21-10-13-7-11(16-22-13)8-18-14(19)9-17(15(18)20)12-5-3-2-4-6-12/h2-7H,8-10H2,1H3. The van der Waals surface area contributed by atoms with Crippen LogP contribution in [0.1, 0.15) is 11.5 Å². The van der Waals surface area contributed by atoms with Gasteiger partial charge in [0.25, 0.3) is 5.91 Å². The van der Waals surface area contributed by atoms with Crippen molar-refractivity contribution in [2.45, 2.75) is 13.2 Å². The smallest absolute Gasteiger partial charge is 0.332 e. The fourth-order valence-electron chi connectivity index (χ4n) is 2.31. The molecule has 114 valence electrons. The van der Waals surface area contributed by atoms with Crippen molar-refractivity contribution in [3.05, 3.63) is 47.9 Å². The number of rotatable bonds is 5. The van der Waals surface area contributed by atoms with E-state index >= 15 is 0 Å².